The zero-order valence-corrected chi connectivity index (χ0v) is 7.90. The lowest BCUT2D eigenvalue weighted by molar-refractivity contribution is -0.0147. The second-order valence-corrected chi connectivity index (χ2v) is 3.09. The van der Waals surface area contributed by atoms with Crippen LogP contribution in [-0.2, 0) is 9.47 Å². The fourth-order valence-electron chi connectivity index (χ4n) is 1.84. The molecule has 74 valence electrons. The topological polar surface area (TPSA) is 42.0 Å². The van der Waals surface area contributed by atoms with Crippen molar-refractivity contribution in [2.24, 2.45) is 0 Å². The minimum atomic E-state index is -0.197. The summed E-state index contributed by atoms with van der Waals surface area (Å²) in [6.45, 7) is 5.50. The molecule has 2 saturated heterocycles. The number of carbonyl (C=O) groups is 1. The van der Waals surface area contributed by atoms with Crippen LogP contribution in [0.5, 0.6) is 0 Å². The molecule has 2 atom stereocenters. The van der Waals surface area contributed by atoms with Crippen LogP contribution in [0.4, 0.5) is 4.79 Å². The predicted octanol–water partition coefficient (Wildman–Crippen LogP) is 0.420. The molecule has 2 heterocycles. The van der Waals surface area contributed by atoms with E-state index in [1.54, 1.807) is 9.80 Å². The number of hydrogen-bond donors (Lipinski definition) is 0. The summed E-state index contributed by atoms with van der Waals surface area (Å²) in [6, 6.07) is 0.0136. The first-order valence-electron chi connectivity index (χ1n) is 4.60. The maximum atomic E-state index is 11.7. The van der Waals surface area contributed by atoms with Gasteiger partial charge in [0.2, 0.25) is 0 Å². The van der Waals surface area contributed by atoms with Crippen molar-refractivity contribution in [2.75, 3.05) is 19.9 Å². The average molecular weight is 186 g/mol. The van der Waals surface area contributed by atoms with E-state index in [1.807, 2.05) is 13.8 Å². The molecule has 0 bridgehead atoms. The second-order valence-electron chi connectivity index (χ2n) is 3.09. The normalized spacial score (nSPS) is 32.9. The maximum Gasteiger partial charge on any atom is 0.324 e. The van der Waals surface area contributed by atoms with E-state index in [0.29, 0.717) is 13.1 Å². The molecule has 5 heteroatoms. The number of fused-ring (bicyclic) bond motifs is 1. The third kappa shape index (κ3) is 1.11. The Balaban J connectivity index is 2.20. The summed E-state index contributed by atoms with van der Waals surface area (Å²) in [6.07, 6.45) is -0.394. The largest absolute Gasteiger partial charge is 0.327 e. The smallest absolute Gasteiger partial charge is 0.324 e. The van der Waals surface area contributed by atoms with Crippen molar-refractivity contribution in [1.82, 2.24) is 9.80 Å². The van der Waals surface area contributed by atoms with Crippen molar-refractivity contribution in [3.8, 4) is 0 Å². The number of hydrogen-bond acceptors (Lipinski definition) is 3. The first-order chi connectivity index (χ1) is 6.29. The van der Waals surface area contributed by atoms with E-state index in [1.165, 1.54) is 0 Å². The quantitative estimate of drug-likeness (QED) is 0.627. The Bertz CT molecular complexity index is 201. The first-order valence-corrected chi connectivity index (χ1v) is 4.60. The van der Waals surface area contributed by atoms with Crippen LogP contribution in [0.3, 0.4) is 0 Å². The standard InChI is InChI=1S/C8H14N2O3/c1-3-9-6-7(13-5-12-6)10(4-2)8(9)11/h6-7H,3-5H2,1-2H3/t6-,7-/m0/s1. The number of likely N-dealkylation sites (N-methyl/N-ethyl adjacent to an activating group) is 2. The van der Waals surface area contributed by atoms with E-state index in [9.17, 15) is 4.79 Å². The molecule has 0 N–H and O–H groups in total. The van der Waals surface area contributed by atoms with Gasteiger partial charge in [0.15, 0.2) is 19.2 Å². The predicted molar refractivity (Wildman–Crippen MR) is 44.8 cm³/mol. The lowest BCUT2D eigenvalue weighted by atomic mass is 10.4. The molecule has 0 saturated carbocycles. The summed E-state index contributed by atoms with van der Waals surface area (Å²) in [7, 11) is 0. The van der Waals surface area contributed by atoms with E-state index in [2.05, 4.69) is 0 Å². The Labute approximate surface area is 77.2 Å². The van der Waals surface area contributed by atoms with Gasteiger partial charge in [0.25, 0.3) is 0 Å². The second kappa shape index (κ2) is 3.16. The van der Waals surface area contributed by atoms with E-state index >= 15 is 0 Å². The zero-order valence-electron chi connectivity index (χ0n) is 7.90. The summed E-state index contributed by atoms with van der Waals surface area (Å²) < 4.78 is 10.6. The Morgan fingerprint density at radius 1 is 1.23 bits per heavy atom. The zero-order chi connectivity index (χ0) is 9.42. The lowest BCUT2D eigenvalue weighted by Crippen LogP contribution is -2.35. The summed E-state index contributed by atoms with van der Waals surface area (Å²) in [5, 5.41) is 0. The molecule has 2 aliphatic heterocycles. The molecular weight excluding hydrogens is 172 g/mol. The molecule has 2 rings (SSSR count). The number of amides is 2. The third-order valence-electron chi connectivity index (χ3n) is 2.51. The number of urea groups is 1. The highest BCUT2D eigenvalue weighted by Crippen LogP contribution is 2.28. The molecule has 0 spiro atoms. The van der Waals surface area contributed by atoms with Crippen molar-refractivity contribution in [3.05, 3.63) is 0 Å². The third-order valence-corrected chi connectivity index (χ3v) is 2.51. The molecule has 0 aliphatic carbocycles. The summed E-state index contributed by atoms with van der Waals surface area (Å²) >= 11 is 0. The van der Waals surface area contributed by atoms with Crippen molar-refractivity contribution in [2.45, 2.75) is 26.3 Å². The average Bonchev–Trinajstić information content (AvgIpc) is 2.64. The van der Waals surface area contributed by atoms with Gasteiger partial charge in [0.05, 0.1) is 0 Å². The van der Waals surface area contributed by atoms with Crippen LogP contribution < -0.4 is 0 Å². The van der Waals surface area contributed by atoms with Gasteiger partial charge < -0.3 is 9.47 Å². The van der Waals surface area contributed by atoms with Gasteiger partial charge in [-0.1, -0.05) is 0 Å². The van der Waals surface area contributed by atoms with Gasteiger partial charge in [-0.05, 0) is 13.8 Å². The van der Waals surface area contributed by atoms with E-state index in [4.69, 9.17) is 9.47 Å². The molecule has 13 heavy (non-hydrogen) atoms. The Hall–Kier alpha value is -0.810. The van der Waals surface area contributed by atoms with Crippen molar-refractivity contribution in [3.63, 3.8) is 0 Å². The van der Waals surface area contributed by atoms with Crippen LogP contribution in [0.15, 0.2) is 0 Å². The number of carbonyl (C=O) groups excluding carboxylic acids is 1. The molecule has 0 unspecified atom stereocenters. The Kier molecular flexibility index (Phi) is 2.13. The van der Waals surface area contributed by atoms with E-state index in [0.717, 1.165) is 0 Å². The van der Waals surface area contributed by atoms with Crippen LogP contribution in [0.25, 0.3) is 0 Å². The van der Waals surface area contributed by atoms with Crippen molar-refractivity contribution < 1.29 is 14.3 Å². The van der Waals surface area contributed by atoms with Crippen LogP contribution in [0.1, 0.15) is 13.8 Å². The molecule has 2 amide bonds. The highest BCUT2D eigenvalue weighted by atomic mass is 16.7. The van der Waals surface area contributed by atoms with E-state index < -0.39 is 0 Å². The number of rotatable bonds is 2. The minimum Gasteiger partial charge on any atom is -0.327 e. The summed E-state index contributed by atoms with van der Waals surface area (Å²) in [5.41, 5.74) is 0. The maximum absolute atomic E-state index is 11.7. The fourth-order valence-corrected chi connectivity index (χ4v) is 1.84. The Morgan fingerprint density at radius 3 is 2.08 bits per heavy atom. The van der Waals surface area contributed by atoms with Crippen molar-refractivity contribution in [1.29, 1.82) is 0 Å². The van der Waals surface area contributed by atoms with Crippen LogP contribution in [0, 0.1) is 0 Å². The molecule has 0 aromatic carbocycles. The van der Waals surface area contributed by atoms with Gasteiger partial charge in [-0.25, -0.2) is 4.79 Å². The highest BCUT2D eigenvalue weighted by molar-refractivity contribution is 5.77. The summed E-state index contributed by atoms with van der Waals surface area (Å²) in [4.78, 5) is 15.1. The van der Waals surface area contributed by atoms with Gasteiger partial charge in [-0.2, -0.15) is 0 Å². The fraction of sp³-hybridized carbons (Fsp3) is 0.875. The number of ether oxygens (including phenoxy) is 2. The minimum absolute atomic E-state index is 0.0136. The molecule has 0 aromatic heterocycles. The van der Waals surface area contributed by atoms with Gasteiger partial charge in [0, 0.05) is 13.1 Å². The monoisotopic (exact) mass is 186 g/mol. The van der Waals surface area contributed by atoms with Crippen molar-refractivity contribution >= 4 is 6.03 Å². The molecule has 2 fully saturated rings. The van der Waals surface area contributed by atoms with Gasteiger partial charge in [0.1, 0.15) is 0 Å². The van der Waals surface area contributed by atoms with Crippen LogP contribution in [-0.4, -0.2) is 48.2 Å². The Morgan fingerprint density at radius 2 is 1.69 bits per heavy atom. The van der Waals surface area contributed by atoms with Gasteiger partial charge in [-0.15, -0.1) is 0 Å². The molecule has 0 aromatic rings. The van der Waals surface area contributed by atoms with Gasteiger partial charge in [-0.3, -0.25) is 9.80 Å². The molecular formula is C8H14N2O3. The highest BCUT2D eigenvalue weighted by Gasteiger charge is 2.49. The lowest BCUT2D eigenvalue weighted by Gasteiger charge is -2.18. The molecule has 5 nitrogen and oxygen atoms in total. The van der Waals surface area contributed by atoms with Gasteiger partial charge >= 0.3 is 6.03 Å². The number of nitrogens with zero attached hydrogens (tertiary/aromatic N) is 2. The molecule has 2 aliphatic rings. The van der Waals surface area contributed by atoms with Crippen LogP contribution in [0.2, 0.25) is 0 Å². The first kappa shape index (κ1) is 8.77. The molecule has 0 radical (unpaired) electrons. The summed E-state index contributed by atoms with van der Waals surface area (Å²) in [5.74, 6) is 0. The SMILES string of the molecule is CCN1C(=O)N(CC)[C@H]2OCO[C@@H]21. The van der Waals surface area contributed by atoms with E-state index in [-0.39, 0.29) is 25.3 Å². The van der Waals surface area contributed by atoms with Crippen LogP contribution >= 0.6 is 0 Å².